The minimum atomic E-state index is -0.651. The van der Waals surface area contributed by atoms with Crippen LogP contribution >= 0.6 is 0 Å². The number of amides is 3. The van der Waals surface area contributed by atoms with E-state index in [1.54, 1.807) is 4.90 Å². The van der Waals surface area contributed by atoms with Crippen LogP contribution in [0.2, 0.25) is 0 Å². The van der Waals surface area contributed by atoms with Crippen molar-refractivity contribution in [3.8, 4) is 0 Å². The monoisotopic (exact) mass is 683 g/mol. The Balaban J connectivity index is 1.39. The summed E-state index contributed by atoms with van der Waals surface area (Å²) < 4.78 is 11.1. The molecule has 0 saturated carbocycles. The topological polar surface area (TPSA) is 134 Å². The first-order chi connectivity index (χ1) is 24.4. The molecular formula is C40H49N3O7. The van der Waals surface area contributed by atoms with Crippen molar-refractivity contribution in [1.82, 2.24) is 15.5 Å². The van der Waals surface area contributed by atoms with Gasteiger partial charge in [-0.2, -0.15) is 0 Å². The Kier molecular flexibility index (Phi) is 16.0. The second kappa shape index (κ2) is 21.2. The van der Waals surface area contributed by atoms with Crippen molar-refractivity contribution in [3.05, 3.63) is 120 Å². The van der Waals surface area contributed by atoms with Gasteiger partial charge in [0.15, 0.2) is 0 Å². The standard InChI is InChI=1S/C40H49N3O7/c44-25-24-43(28-32-16-6-2-7-17-32)37(45)27-34-20-10-11-21-35(26-31-14-4-1-5-15-31)39(47)49-30-36(42-38(34)46)22-12-13-23-41-40(48)50-29-33-18-8-3-9-19-33/h1-11,14-19,34-36,44H,12-13,20-30H2,(H,41,48)(H,42,46)/t34-,35+,36+/m1/s1. The average molecular weight is 684 g/mol. The first kappa shape index (κ1) is 37.9. The van der Waals surface area contributed by atoms with Crippen LogP contribution in [0.3, 0.4) is 0 Å². The Bertz CT molecular complexity index is 1500. The Morgan fingerprint density at radius 1 is 0.840 bits per heavy atom. The molecule has 0 radical (unpaired) electrons. The lowest BCUT2D eigenvalue weighted by Gasteiger charge is -2.26. The molecule has 0 aromatic heterocycles. The number of allylic oxidation sites excluding steroid dienone is 2. The molecule has 0 fully saturated rings. The molecule has 4 rings (SSSR count). The number of carbonyl (C=O) groups is 4. The third-order valence-corrected chi connectivity index (χ3v) is 8.63. The molecule has 266 valence electrons. The summed E-state index contributed by atoms with van der Waals surface area (Å²) in [6, 6.07) is 28.3. The van der Waals surface area contributed by atoms with Crippen LogP contribution in [-0.4, -0.2) is 66.2 Å². The van der Waals surface area contributed by atoms with Crippen LogP contribution < -0.4 is 10.6 Å². The van der Waals surface area contributed by atoms with E-state index in [1.165, 1.54) is 0 Å². The van der Waals surface area contributed by atoms with E-state index in [-0.39, 0.29) is 50.6 Å². The summed E-state index contributed by atoms with van der Waals surface area (Å²) >= 11 is 0. The van der Waals surface area contributed by atoms with E-state index in [0.717, 1.165) is 16.7 Å². The molecule has 0 spiro atoms. The highest BCUT2D eigenvalue weighted by Gasteiger charge is 2.28. The Hall–Kier alpha value is -4.96. The van der Waals surface area contributed by atoms with Gasteiger partial charge in [-0.1, -0.05) is 103 Å². The molecule has 1 aliphatic heterocycles. The van der Waals surface area contributed by atoms with Gasteiger partial charge in [0, 0.05) is 26.1 Å². The van der Waals surface area contributed by atoms with Gasteiger partial charge in [0.2, 0.25) is 11.8 Å². The highest BCUT2D eigenvalue weighted by atomic mass is 16.5. The second-order valence-corrected chi connectivity index (χ2v) is 12.6. The van der Waals surface area contributed by atoms with Crippen molar-refractivity contribution >= 4 is 23.9 Å². The van der Waals surface area contributed by atoms with Crippen LogP contribution in [0.4, 0.5) is 4.79 Å². The number of alkyl carbamates (subject to hydrolysis) is 1. The highest BCUT2D eigenvalue weighted by molar-refractivity contribution is 5.86. The van der Waals surface area contributed by atoms with E-state index in [2.05, 4.69) is 10.6 Å². The quantitative estimate of drug-likeness (QED) is 0.112. The third-order valence-electron chi connectivity index (χ3n) is 8.63. The van der Waals surface area contributed by atoms with E-state index in [9.17, 15) is 24.3 Å². The lowest BCUT2D eigenvalue weighted by molar-refractivity contribution is -0.150. The fourth-order valence-electron chi connectivity index (χ4n) is 5.82. The zero-order valence-corrected chi connectivity index (χ0v) is 28.6. The third kappa shape index (κ3) is 13.5. The molecule has 0 saturated heterocycles. The zero-order chi connectivity index (χ0) is 35.4. The number of hydrogen-bond acceptors (Lipinski definition) is 7. The smallest absolute Gasteiger partial charge is 0.407 e. The van der Waals surface area contributed by atoms with Crippen molar-refractivity contribution in [2.45, 2.75) is 64.1 Å². The van der Waals surface area contributed by atoms with Crippen LogP contribution in [0.5, 0.6) is 0 Å². The summed E-state index contributed by atoms with van der Waals surface area (Å²) in [7, 11) is 0. The van der Waals surface area contributed by atoms with Crippen LogP contribution in [-0.2, 0) is 43.4 Å². The van der Waals surface area contributed by atoms with Gasteiger partial charge in [-0.25, -0.2) is 4.79 Å². The zero-order valence-electron chi connectivity index (χ0n) is 28.6. The molecule has 3 N–H and O–H groups in total. The second-order valence-electron chi connectivity index (χ2n) is 12.6. The van der Waals surface area contributed by atoms with Crippen molar-refractivity contribution < 1.29 is 33.8 Å². The minimum absolute atomic E-state index is 0.00255. The van der Waals surface area contributed by atoms with E-state index in [0.29, 0.717) is 51.6 Å². The molecule has 3 aromatic carbocycles. The van der Waals surface area contributed by atoms with E-state index >= 15 is 0 Å². The number of aliphatic hydroxyl groups excluding tert-OH is 1. The van der Waals surface area contributed by atoms with Gasteiger partial charge >= 0.3 is 12.1 Å². The van der Waals surface area contributed by atoms with Crippen molar-refractivity contribution in [1.29, 1.82) is 0 Å². The van der Waals surface area contributed by atoms with E-state index in [1.807, 2.05) is 103 Å². The number of aliphatic hydroxyl groups is 1. The van der Waals surface area contributed by atoms with Crippen LogP contribution in [0, 0.1) is 11.8 Å². The lowest BCUT2D eigenvalue weighted by Crippen LogP contribution is -2.44. The number of cyclic esters (lactones) is 1. The molecule has 1 aliphatic rings. The summed E-state index contributed by atoms with van der Waals surface area (Å²) in [4.78, 5) is 54.2. The molecule has 3 aromatic rings. The lowest BCUT2D eigenvalue weighted by atomic mass is 9.94. The fraction of sp³-hybridized carbons (Fsp3) is 0.400. The van der Waals surface area contributed by atoms with Gasteiger partial charge in [-0.3, -0.25) is 14.4 Å². The Labute approximate surface area is 294 Å². The van der Waals surface area contributed by atoms with Gasteiger partial charge in [0.05, 0.1) is 24.5 Å². The number of nitrogens with one attached hydrogen (secondary N) is 2. The van der Waals surface area contributed by atoms with Gasteiger partial charge in [0.1, 0.15) is 13.2 Å². The summed E-state index contributed by atoms with van der Waals surface area (Å²) in [6.07, 6.45) is 6.28. The summed E-state index contributed by atoms with van der Waals surface area (Å²) in [5.41, 5.74) is 2.86. The number of rotatable bonds is 15. The van der Waals surface area contributed by atoms with Crippen LogP contribution in [0.1, 0.15) is 55.2 Å². The normalized spacial score (nSPS) is 18.1. The summed E-state index contributed by atoms with van der Waals surface area (Å²) in [5, 5.41) is 15.5. The summed E-state index contributed by atoms with van der Waals surface area (Å²) in [6.45, 7) is 0.865. The molecule has 3 amide bonds. The summed E-state index contributed by atoms with van der Waals surface area (Å²) in [5.74, 6) is -1.90. The molecule has 1 heterocycles. The number of unbranched alkanes of at least 4 members (excludes halogenated alkanes) is 1. The predicted octanol–water partition coefficient (Wildman–Crippen LogP) is 5.35. The van der Waals surface area contributed by atoms with Crippen molar-refractivity contribution in [3.63, 3.8) is 0 Å². The fourth-order valence-corrected chi connectivity index (χ4v) is 5.82. The minimum Gasteiger partial charge on any atom is -0.463 e. The molecule has 3 atom stereocenters. The van der Waals surface area contributed by atoms with Gasteiger partial charge in [0.25, 0.3) is 0 Å². The first-order valence-electron chi connectivity index (χ1n) is 17.4. The molecule has 10 nitrogen and oxygen atoms in total. The largest absolute Gasteiger partial charge is 0.463 e. The maximum Gasteiger partial charge on any atom is 0.407 e. The van der Waals surface area contributed by atoms with Crippen molar-refractivity contribution in [2.75, 3.05) is 26.3 Å². The average Bonchev–Trinajstić information content (AvgIpc) is 3.13. The molecule has 10 heteroatoms. The SMILES string of the molecule is O=C(NCCCC[C@H]1COC(=O)[C@H](Cc2ccccc2)CC=CC[C@H](CC(=O)N(CCO)Cc2ccccc2)C(=O)N1)OCc1ccccc1. The highest BCUT2D eigenvalue weighted by Crippen LogP contribution is 2.20. The molecular weight excluding hydrogens is 634 g/mol. The van der Waals surface area contributed by atoms with Crippen molar-refractivity contribution in [2.24, 2.45) is 11.8 Å². The molecule has 0 bridgehead atoms. The maximum absolute atomic E-state index is 13.7. The number of hydrogen-bond donors (Lipinski definition) is 3. The number of nitrogens with zero attached hydrogens (tertiary/aromatic N) is 1. The predicted molar refractivity (Wildman–Crippen MR) is 190 cm³/mol. The number of ether oxygens (including phenoxy) is 2. The Morgan fingerprint density at radius 2 is 1.46 bits per heavy atom. The van der Waals surface area contributed by atoms with Crippen LogP contribution in [0.25, 0.3) is 0 Å². The van der Waals surface area contributed by atoms with E-state index < -0.39 is 24.0 Å². The number of benzene rings is 3. The molecule has 50 heavy (non-hydrogen) atoms. The van der Waals surface area contributed by atoms with Crippen LogP contribution in [0.15, 0.2) is 103 Å². The molecule has 0 aliphatic carbocycles. The molecule has 0 unspecified atom stereocenters. The van der Waals surface area contributed by atoms with Gasteiger partial charge in [-0.05, 0) is 55.2 Å². The number of carbonyl (C=O) groups excluding carboxylic acids is 4. The van der Waals surface area contributed by atoms with Gasteiger partial charge in [-0.15, -0.1) is 0 Å². The maximum atomic E-state index is 13.7. The van der Waals surface area contributed by atoms with E-state index in [4.69, 9.17) is 9.47 Å². The first-order valence-corrected chi connectivity index (χ1v) is 17.4. The Morgan fingerprint density at radius 3 is 2.12 bits per heavy atom. The van der Waals surface area contributed by atoms with Gasteiger partial charge < -0.3 is 30.1 Å². The number of esters is 1.